The van der Waals surface area contributed by atoms with E-state index in [0.717, 1.165) is 0 Å². The third kappa shape index (κ3) is 2.38. The van der Waals surface area contributed by atoms with Crippen LogP contribution in [0.4, 0.5) is 21.8 Å². The van der Waals surface area contributed by atoms with Crippen LogP contribution in [-0.4, -0.2) is 15.2 Å². The van der Waals surface area contributed by atoms with Gasteiger partial charge >= 0.3 is 0 Å². The standard InChI is InChI=1S/C16H12FN5O/c17-10-7-9(15-11(18)8-19-22-15)5-6-12(10)20-16-21-13-3-1-2-4-14(13)23-16/h1-8H,18H2,(H,19,22)(H,20,21). The predicted octanol–water partition coefficient (Wildman–Crippen LogP) is 3.68. The van der Waals surface area contributed by atoms with Crippen molar-refractivity contribution in [1.29, 1.82) is 0 Å². The van der Waals surface area contributed by atoms with Gasteiger partial charge in [-0.1, -0.05) is 18.2 Å². The molecule has 0 spiro atoms. The Bertz CT molecular complexity index is 958. The highest BCUT2D eigenvalue weighted by Crippen LogP contribution is 2.28. The van der Waals surface area contributed by atoms with Gasteiger partial charge in [0.1, 0.15) is 11.3 Å². The number of nitrogens with two attached hydrogens (primary N) is 1. The third-order valence-electron chi connectivity index (χ3n) is 3.46. The van der Waals surface area contributed by atoms with Crippen molar-refractivity contribution >= 4 is 28.5 Å². The third-order valence-corrected chi connectivity index (χ3v) is 3.46. The van der Waals surface area contributed by atoms with Crippen LogP contribution in [0.25, 0.3) is 22.4 Å². The molecular formula is C16H12FN5O. The van der Waals surface area contributed by atoms with E-state index in [9.17, 15) is 4.39 Å². The van der Waals surface area contributed by atoms with Crippen LogP contribution in [0.15, 0.2) is 53.1 Å². The zero-order chi connectivity index (χ0) is 15.8. The number of hydrogen-bond acceptors (Lipinski definition) is 5. The van der Waals surface area contributed by atoms with Gasteiger partial charge in [-0.25, -0.2) is 4.39 Å². The molecule has 114 valence electrons. The fourth-order valence-electron chi connectivity index (χ4n) is 2.34. The van der Waals surface area contributed by atoms with Gasteiger partial charge in [-0.2, -0.15) is 10.1 Å². The average molecular weight is 309 g/mol. The van der Waals surface area contributed by atoms with Crippen molar-refractivity contribution < 1.29 is 8.81 Å². The number of aromatic amines is 1. The van der Waals surface area contributed by atoms with E-state index in [1.807, 2.05) is 18.2 Å². The minimum Gasteiger partial charge on any atom is -0.423 e. The molecule has 0 amide bonds. The number of nitrogens with zero attached hydrogens (tertiary/aromatic N) is 2. The minimum absolute atomic E-state index is 0.235. The van der Waals surface area contributed by atoms with Crippen molar-refractivity contribution in [3.8, 4) is 11.3 Å². The maximum atomic E-state index is 14.3. The van der Waals surface area contributed by atoms with Crippen LogP contribution in [0, 0.1) is 5.82 Å². The summed E-state index contributed by atoms with van der Waals surface area (Å²) < 4.78 is 19.8. The molecule has 6 nitrogen and oxygen atoms in total. The molecule has 0 aliphatic rings. The van der Waals surface area contributed by atoms with Gasteiger partial charge in [0, 0.05) is 5.56 Å². The number of benzene rings is 2. The first-order valence-electron chi connectivity index (χ1n) is 6.92. The van der Waals surface area contributed by atoms with E-state index in [1.54, 1.807) is 18.2 Å². The molecule has 4 rings (SSSR count). The summed E-state index contributed by atoms with van der Waals surface area (Å²) in [7, 11) is 0. The molecule has 0 unspecified atom stereocenters. The number of oxazole rings is 1. The molecule has 23 heavy (non-hydrogen) atoms. The Morgan fingerprint density at radius 3 is 2.78 bits per heavy atom. The average Bonchev–Trinajstić information content (AvgIpc) is 3.14. The Labute approximate surface area is 130 Å². The Balaban J connectivity index is 1.66. The zero-order valence-electron chi connectivity index (χ0n) is 11.9. The van der Waals surface area contributed by atoms with Crippen LogP contribution in [0.1, 0.15) is 0 Å². The quantitative estimate of drug-likeness (QED) is 0.537. The zero-order valence-corrected chi connectivity index (χ0v) is 11.9. The number of aromatic nitrogens is 3. The summed E-state index contributed by atoms with van der Waals surface area (Å²) >= 11 is 0. The highest BCUT2D eigenvalue weighted by Gasteiger charge is 2.11. The number of rotatable bonds is 3. The summed E-state index contributed by atoms with van der Waals surface area (Å²) in [5, 5.41) is 9.41. The highest BCUT2D eigenvalue weighted by molar-refractivity contribution is 5.76. The first kappa shape index (κ1) is 13.3. The fraction of sp³-hybridized carbons (Fsp3) is 0. The van der Waals surface area contributed by atoms with E-state index < -0.39 is 5.82 Å². The SMILES string of the molecule is Nc1cn[nH]c1-c1ccc(Nc2nc3ccccc3o2)c(F)c1. The largest absolute Gasteiger partial charge is 0.423 e. The second-order valence-corrected chi connectivity index (χ2v) is 5.01. The van der Waals surface area contributed by atoms with Crippen LogP contribution in [0.2, 0.25) is 0 Å². The van der Waals surface area contributed by atoms with Gasteiger partial charge in [-0.3, -0.25) is 5.10 Å². The minimum atomic E-state index is -0.446. The molecule has 2 aromatic carbocycles. The molecule has 0 radical (unpaired) electrons. The Morgan fingerprint density at radius 1 is 1.17 bits per heavy atom. The first-order valence-corrected chi connectivity index (χ1v) is 6.92. The molecule has 7 heteroatoms. The summed E-state index contributed by atoms with van der Waals surface area (Å²) in [6, 6.07) is 12.3. The normalized spacial score (nSPS) is 11.0. The van der Waals surface area contributed by atoms with E-state index in [2.05, 4.69) is 20.5 Å². The van der Waals surface area contributed by atoms with Gasteiger partial charge in [0.25, 0.3) is 6.01 Å². The number of para-hydroxylation sites is 2. The van der Waals surface area contributed by atoms with Crippen molar-refractivity contribution in [3.05, 3.63) is 54.5 Å². The van der Waals surface area contributed by atoms with Gasteiger partial charge in [-0.15, -0.1) is 0 Å². The second kappa shape index (κ2) is 5.13. The van der Waals surface area contributed by atoms with Crippen LogP contribution in [0.3, 0.4) is 0 Å². The summed E-state index contributed by atoms with van der Waals surface area (Å²) in [4.78, 5) is 4.25. The number of halogens is 1. The lowest BCUT2D eigenvalue weighted by Crippen LogP contribution is -1.95. The van der Waals surface area contributed by atoms with Crippen LogP contribution < -0.4 is 11.1 Å². The Morgan fingerprint density at radius 2 is 2.04 bits per heavy atom. The molecule has 0 aliphatic heterocycles. The molecule has 2 heterocycles. The van der Waals surface area contributed by atoms with Gasteiger partial charge in [-0.05, 0) is 24.3 Å². The Hall–Kier alpha value is -3.35. The van der Waals surface area contributed by atoms with Gasteiger partial charge < -0.3 is 15.5 Å². The lowest BCUT2D eigenvalue weighted by Gasteiger charge is -2.06. The van der Waals surface area contributed by atoms with Crippen molar-refractivity contribution in [3.63, 3.8) is 0 Å². The van der Waals surface area contributed by atoms with E-state index in [4.69, 9.17) is 10.2 Å². The number of hydrogen-bond donors (Lipinski definition) is 3. The molecule has 2 aromatic heterocycles. The van der Waals surface area contributed by atoms with E-state index in [1.165, 1.54) is 12.3 Å². The van der Waals surface area contributed by atoms with Crippen molar-refractivity contribution in [2.75, 3.05) is 11.1 Å². The van der Waals surface area contributed by atoms with Crippen molar-refractivity contribution in [1.82, 2.24) is 15.2 Å². The van der Waals surface area contributed by atoms with Crippen molar-refractivity contribution in [2.24, 2.45) is 0 Å². The van der Waals surface area contributed by atoms with Gasteiger partial charge in [0.2, 0.25) is 0 Å². The van der Waals surface area contributed by atoms with Gasteiger partial charge in [0.15, 0.2) is 5.58 Å². The number of nitrogen functional groups attached to an aromatic ring is 1. The molecule has 0 atom stereocenters. The summed E-state index contributed by atoms with van der Waals surface area (Å²) in [5.74, 6) is -0.446. The molecular weight excluding hydrogens is 297 g/mol. The Kier molecular flexibility index (Phi) is 2.97. The lowest BCUT2D eigenvalue weighted by atomic mass is 10.1. The van der Waals surface area contributed by atoms with Crippen LogP contribution in [-0.2, 0) is 0 Å². The summed E-state index contributed by atoms with van der Waals surface area (Å²) in [6.07, 6.45) is 1.48. The first-order chi connectivity index (χ1) is 11.2. The van der Waals surface area contributed by atoms with Crippen LogP contribution >= 0.6 is 0 Å². The monoisotopic (exact) mass is 309 g/mol. The summed E-state index contributed by atoms with van der Waals surface area (Å²) in [5.41, 5.74) is 9.03. The maximum Gasteiger partial charge on any atom is 0.300 e. The molecule has 0 saturated heterocycles. The maximum absolute atomic E-state index is 14.3. The van der Waals surface area contributed by atoms with E-state index in [0.29, 0.717) is 28.0 Å². The van der Waals surface area contributed by atoms with Crippen LogP contribution in [0.5, 0.6) is 0 Å². The molecule has 4 aromatic rings. The molecule has 0 fully saturated rings. The fourth-order valence-corrected chi connectivity index (χ4v) is 2.34. The highest BCUT2D eigenvalue weighted by atomic mass is 19.1. The van der Waals surface area contributed by atoms with Crippen molar-refractivity contribution in [2.45, 2.75) is 0 Å². The lowest BCUT2D eigenvalue weighted by molar-refractivity contribution is 0.612. The number of H-pyrrole nitrogens is 1. The van der Waals surface area contributed by atoms with E-state index in [-0.39, 0.29) is 11.7 Å². The topological polar surface area (TPSA) is 92.8 Å². The molecule has 4 N–H and O–H groups in total. The van der Waals surface area contributed by atoms with E-state index >= 15 is 0 Å². The number of nitrogens with one attached hydrogen (secondary N) is 2. The molecule has 0 aliphatic carbocycles. The predicted molar refractivity (Wildman–Crippen MR) is 85.7 cm³/mol. The molecule has 0 bridgehead atoms. The molecule has 0 saturated carbocycles. The second-order valence-electron chi connectivity index (χ2n) is 5.01. The van der Waals surface area contributed by atoms with Gasteiger partial charge in [0.05, 0.1) is 23.3 Å². The smallest absolute Gasteiger partial charge is 0.300 e. The summed E-state index contributed by atoms with van der Waals surface area (Å²) in [6.45, 7) is 0. The number of fused-ring (bicyclic) bond motifs is 1. The number of anilines is 3.